The molecule has 2 aromatic carbocycles. The van der Waals surface area contributed by atoms with Crippen molar-refractivity contribution in [2.24, 2.45) is 0 Å². The largest absolute Gasteiger partial charge is 0.506 e. The lowest BCUT2D eigenvalue weighted by atomic mass is 10.1. The minimum absolute atomic E-state index is 0.112. The van der Waals surface area contributed by atoms with E-state index in [1.165, 1.54) is 12.1 Å². The van der Waals surface area contributed by atoms with Crippen LogP contribution in [0.1, 0.15) is 10.4 Å². The number of carbonyl (C=O) groups excluding carboxylic acids is 1. The molecule has 0 unspecified atom stereocenters. The van der Waals surface area contributed by atoms with Crippen LogP contribution in [0.5, 0.6) is 5.75 Å². The summed E-state index contributed by atoms with van der Waals surface area (Å²) in [5.74, 6) is -0.442. The lowest BCUT2D eigenvalue weighted by Gasteiger charge is -2.08. The number of phenolic OH excluding ortho intramolecular Hbond substituents is 1. The van der Waals surface area contributed by atoms with Gasteiger partial charge in [0.2, 0.25) is 0 Å². The van der Waals surface area contributed by atoms with Gasteiger partial charge in [0.25, 0.3) is 5.91 Å². The van der Waals surface area contributed by atoms with Crippen LogP contribution in [0.2, 0.25) is 0 Å². The van der Waals surface area contributed by atoms with E-state index in [1.54, 1.807) is 18.3 Å². The maximum Gasteiger partial charge on any atom is 0.255 e. The van der Waals surface area contributed by atoms with E-state index in [4.69, 9.17) is 5.73 Å². The molecule has 0 aliphatic carbocycles. The number of rotatable bonds is 2. The molecule has 0 aliphatic heterocycles. The number of aromatic hydroxyl groups is 1. The fraction of sp³-hybridized carbons (Fsp3) is 0. The standard InChI is InChI=1S/C16H13N3O2/c17-12-7-6-11(9-14(12)20)16(21)19-13-5-1-3-10-4-2-8-18-15(10)13/h1-9,20H,17H2,(H,19,21). The van der Waals surface area contributed by atoms with Crippen LogP contribution in [0.25, 0.3) is 10.9 Å². The Morgan fingerprint density at radius 1 is 1.14 bits per heavy atom. The highest BCUT2D eigenvalue weighted by Crippen LogP contribution is 2.24. The summed E-state index contributed by atoms with van der Waals surface area (Å²) in [7, 11) is 0. The van der Waals surface area contributed by atoms with Gasteiger partial charge in [0, 0.05) is 17.1 Å². The van der Waals surface area contributed by atoms with Crippen LogP contribution in [-0.4, -0.2) is 16.0 Å². The average molecular weight is 279 g/mol. The monoisotopic (exact) mass is 279 g/mol. The summed E-state index contributed by atoms with van der Waals surface area (Å²) in [6, 6.07) is 13.7. The number of nitrogens with two attached hydrogens (primary N) is 1. The van der Waals surface area contributed by atoms with Gasteiger partial charge >= 0.3 is 0 Å². The molecule has 1 aromatic heterocycles. The van der Waals surface area contributed by atoms with Crippen molar-refractivity contribution in [1.29, 1.82) is 0 Å². The number of benzene rings is 2. The van der Waals surface area contributed by atoms with Crippen LogP contribution in [0.3, 0.4) is 0 Å². The van der Waals surface area contributed by atoms with Gasteiger partial charge in [-0.05, 0) is 30.3 Å². The van der Waals surface area contributed by atoms with Crippen molar-refractivity contribution in [2.75, 3.05) is 11.1 Å². The van der Waals surface area contributed by atoms with Gasteiger partial charge in [-0.3, -0.25) is 9.78 Å². The number of fused-ring (bicyclic) bond motifs is 1. The molecular formula is C16H13N3O2. The molecule has 0 saturated heterocycles. The Balaban J connectivity index is 1.94. The zero-order chi connectivity index (χ0) is 14.8. The van der Waals surface area contributed by atoms with E-state index in [-0.39, 0.29) is 17.3 Å². The van der Waals surface area contributed by atoms with E-state index in [0.717, 1.165) is 5.39 Å². The predicted octanol–water partition coefficient (Wildman–Crippen LogP) is 2.77. The van der Waals surface area contributed by atoms with E-state index in [0.29, 0.717) is 16.8 Å². The van der Waals surface area contributed by atoms with Crippen molar-refractivity contribution in [2.45, 2.75) is 0 Å². The first kappa shape index (κ1) is 12.9. The van der Waals surface area contributed by atoms with Gasteiger partial charge in [-0.2, -0.15) is 0 Å². The fourth-order valence-corrected chi connectivity index (χ4v) is 2.08. The van der Waals surface area contributed by atoms with Crippen LogP contribution in [0, 0.1) is 0 Å². The minimum Gasteiger partial charge on any atom is -0.506 e. The normalized spacial score (nSPS) is 10.5. The smallest absolute Gasteiger partial charge is 0.255 e. The van der Waals surface area contributed by atoms with Crippen LogP contribution in [-0.2, 0) is 0 Å². The summed E-state index contributed by atoms with van der Waals surface area (Å²) in [5, 5.41) is 13.3. The molecule has 1 heterocycles. The molecule has 0 atom stereocenters. The molecule has 4 N–H and O–H groups in total. The summed E-state index contributed by atoms with van der Waals surface area (Å²) in [6.45, 7) is 0. The van der Waals surface area contributed by atoms with Gasteiger partial charge in [-0.1, -0.05) is 18.2 Å². The Labute approximate surface area is 121 Å². The van der Waals surface area contributed by atoms with Crippen LogP contribution >= 0.6 is 0 Å². The Morgan fingerprint density at radius 3 is 2.76 bits per heavy atom. The summed E-state index contributed by atoms with van der Waals surface area (Å²) >= 11 is 0. The number of nitrogen functional groups attached to an aromatic ring is 1. The van der Waals surface area contributed by atoms with Crippen molar-refractivity contribution in [1.82, 2.24) is 4.98 Å². The van der Waals surface area contributed by atoms with Gasteiger partial charge in [0.05, 0.1) is 16.9 Å². The molecule has 1 amide bonds. The third-order valence-electron chi connectivity index (χ3n) is 3.17. The van der Waals surface area contributed by atoms with E-state index in [1.807, 2.05) is 24.3 Å². The molecule has 21 heavy (non-hydrogen) atoms. The number of nitrogens with one attached hydrogen (secondary N) is 1. The first-order chi connectivity index (χ1) is 10.1. The SMILES string of the molecule is Nc1ccc(C(=O)Nc2cccc3cccnc23)cc1O. The molecule has 5 heteroatoms. The molecular weight excluding hydrogens is 266 g/mol. The topological polar surface area (TPSA) is 88.2 Å². The average Bonchev–Trinajstić information content (AvgIpc) is 2.50. The van der Waals surface area contributed by atoms with Gasteiger partial charge in [-0.25, -0.2) is 0 Å². The van der Waals surface area contributed by atoms with E-state index in [9.17, 15) is 9.90 Å². The van der Waals surface area contributed by atoms with Crippen LogP contribution < -0.4 is 11.1 Å². The molecule has 0 bridgehead atoms. The van der Waals surface area contributed by atoms with Crippen molar-refractivity contribution >= 4 is 28.2 Å². The minimum atomic E-state index is -0.330. The molecule has 0 spiro atoms. The lowest BCUT2D eigenvalue weighted by molar-refractivity contribution is 0.102. The number of para-hydroxylation sites is 1. The number of nitrogens with zero attached hydrogens (tertiary/aromatic N) is 1. The second kappa shape index (κ2) is 5.13. The zero-order valence-electron chi connectivity index (χ0n) is 11.1. The predicted molar refractivity (Wildman–Crippen MR) is 82.2 cm³/mol. The third kappa shape index (κ3) is 2.49. The number of hydrogen-bond acceptors (Lipinski definition) is 4. The molecule has 0 aliphatic rings. The van der Waals surface area contributed by atoms with Crippen molar-refractivity contribution in [3.05, 3.63) is 60.3 Å². The molecule has 5 nitrogen and oxygen atoms in total. The maximum absolute atomic E-state index is 12.2. The Kier molecular flexibility index (Phi) is 3.16. The number of amides is 1. The second-order valence-electron chi connectivity index (χ2n) is 4.61. The quantitative estimate of drug-likeness (QED) is 0.497. The van der Waals surface area contributed by atoms with E-state index < -0.39 is 0 Å². The first-order valence-electron chi connectivity index (χ1n) is 6.39. The Bertz CT molecular complexity index is 825. The summed E-state index contributed by atoms with van der Waals surface area (Å²) in [4.78, 5) is 16.5. The summed E-state index contributed by atoms with van der Waals surface area (Å²) < 4.78 is 0. The van der Waals surface area contributed by atoms with Crippen LogP contribution in [0.15, 0.2) is 54.7 Å². The van der Waals surface area contributed by atoms with Crippen molar-refractivity contribution in [3.8, 4) is 5.75 Å². The van der Waals surface area contributed by atoms with E-state index >= 15 is 0 Å². The molecule has 0 radical (unpaired) electrons. The summed E-state index contributed by atoms with van der Waals surface area (Å²) in [6.07, 6.45) is 1.67. The van der Waals surface area contributed by atoms with Gasteiger partial charge in [-0.15, -0.1) is 0 Å². The van der Waals surface area contributed by atoms with Gasteiger partial charge < -0.3 is 16.2 Å². The highest BCUT2D eigenvalue weighted by Gasteiger charge is 2.10. The van der Waals surface area contributed by atoms with Gasteiger partial charge in [0.15, 0.2) is 0 Å². The Hall–Kier alpha value is -3.08. The highest BCUT2D eigenvalue weighted by molar-refractivity contribution is 6.08. The number of aromatic nitrogens is 1. The van der Waals surface area contributed by atoms with E-state index in [2.05, 4.69) is 10.3 Å². The number of phenols is 1. The number of carbonyl (C=O) groups is 1. The molecule has 0 fully saturated rings. The Morgan fingerprint density at radius 2 is 1.95 bits per heavy atom. The van der Waals surface area contributed by atoms with Crippen molar-refractivity contribution < 1.29 is 9.90 Å². The zero-order valence-corrected chi connectivity index (χ0v) is 11.1. The molecule has 3 rings (SSSR count). The lowest BCUT2D eigenvalue weighted by Crippen LogP contribution is -2.12. The van der Waals surface area contributed by atoms with Crippen molar-refractivity contribution in [3.63, 3.8) is 0 Å². The fourth-order valence-electron chi connectivity index (χ4n) is 2.08. The van der Waals surface area contributed by atoms with Gasteiger partial charge in [0.1, 0.15) is 5.75 Å². The number of hydrogen-bond donors (Lipinski definition) is 3. The maximum atomic E-state index is 12.2. The molecule has 0 saturated carbocycles. The molecule has 3 aromatic rings. The van der Waals surface area contributed by atoms with Crippen LogP contribution in [0.4, 0.5) is 11.4 Å². The third-order valence-corrected chi connectivity index (χ3v) is 3.17. The number of anilines is 2. The summed E-state index contributed by atoms with van der Waals surface area (Å²) in [5.41, 5.74) is 7.42. The number of pyridine rings is 1. The second-order valence-corrected chi connectivity index (χ2v) is 4.61. The highest BCUT2D eigenvalue weighted by atomic mass is 16.3. The molecule has 104 valence electrons. The first-order valence-corrected chi connectivity index (χ1v) is 6.39.